The van der Waals surface area contributed by atoms with E-state index in [4.69, 9.17) is 10.2 Å². The molecule has 2 aromatic heterocycles. The number of nitrogens with two attached hydrogens (primary N) is 1. The van der Waals surface area contributed by atoms with Crippen molar-refractivity contribution in [2.24, 2.45) is 0 Å². The molecule has 27 heavy (non-hydrogen) atoms. The van der Waals surface area contributed by atoms with Crippen LogP contribution in [0.2, 0.25) is 0 Å². The van der Waals surface area contributed by atoms with Gasteiger partial charge in [-0.15, -0.1) is 0 Å². The van der Waals surface area contributed by atoms with Gasteiger partial charge >= 0.3 is 0 Å². The Morgan fingerprint density at radius 2 is 1.89 bits per heavy atom. The first-order valence-electron chi connectivity index (χ1n) is 8.11. The molecular weight excluding hydrogens is 348 g/mol. The summed E-state index contributed by atoms with van der Waals surface area (Å²) in [7, 11) is 0. The first kappa shape index (κ1) is 16.5. The van der Waals surface area contributed by atoms with E-state index >= 15 is 0 Å². The zero-order chi connectivity index (χ0) is 19.0. The molecule has 8 heteroatoms. The van der Waals surface area contributed by atoms with Crippen molar-refractivity contribution in [3.63, 3.8) is 0 Å². The molecule has 0 fully saturated rings. The number of hydrogen-bond acceptors (Lipinski definition) is 6. The first-order valence-corrected chi connectivity index (χ1v) is 8.11. The van der Waals surface area contributed by atoms with Crippen LogP contribution in [0.4, 0.5) is 11.4 Å². The van der Waals surface area contributed by atoms with Crippen molar-refractivity contribution in [3.05, 3.63) is 86.7 Å². The van der Waals surface area contributed by atoms with E-state index in [0.29, 0.717) is 34.4 Å². The highest BCUT2D eigenvalue weighted by Gasteiger charge is 2.15. The molecule has 0 aliphatic heterocycles. The minimum atomic E-state index is -0.518. The van der Waals surface area contributed by atoms with Crippen molar-refractivity contribution in [2.75, 3.05) is 5.73 Å². The maximum absolute atomic E-state index is 11.9. The lowest BCUT2D eigenvalue weighted by molar-refractivity contribution is -0.383. The van der Waals surface area contributed by atoms with Crippen LogP contribution in [-0.4, -0.2) is 15.1 Å². The minimum absolute atomic E-state index is 0.108. The van der Waals surface area contributed by atoms with Gasteiger partial charge in [-0.25, -0.2) is 5.10 Å². The Kier molecular flexibility index (Phi) is 3.92. The van der Waals surface area contributed by atoms with Gasteiger partial charge in [-0.3, -0.25) is 14.9 Å². The normalized spacial score (nSPS) is 11.0. The number of nitrogens with zero attached hydrogens (tertiary/aromatic N) is 2. The highest BCUT2D eigenvalue weighted by Crippen LogP contribution is 2.30. The van der Waals surface area contributed by atoms with Gasteiger partial charge in [0.2, 0.25) is 0 Å². The molecule has 0 aliphatic rings. The fourth-order valence-electron chi connectivity index (χ4n) is 2.98. The lowest BCUT2D eigenvalue weighted by Crippen LogP contribution is -2.11. The quantitative estimate of drug-likeness (QED) is 0.326. The van der Waals surface area contributed by atoms with Crippen LogP contribution >= 0.6 is 0 Å². The number of nitrogens with one attached hydrogen (secondary N) is 1. The fraction of sp³-hybridized carbons (Fsp3) is 0.0526. The van der Waals surface area contributed by atoms with Crippen LogP contribution in [0, 0.1) is 10.1 Å². The van der Waals surface area contributed by atoms with Crippen molar-refractivity contribution in [1.82, 2.24) is 10.2 Å². The average molecular weight is 362 g/mol. The van der Waals surface area contributed by atoms with Gasteiger partial charge in [-0.1, -0.05) is 24.3 Å². The van der Waals surface area contributed by atoms with Crippen molar-refractivity contribution < 1.29 is 9.34 Å². The number of benzene rings is 2. The van der Waals surface area contributed by atoms with Crippen LogP contribution in [-0.2, 0) is 6.42 Å². The predicted octanol–water partition coefficient (Wildman–Crippen LogP) is 3.26. The third-order valence-corrected chi connectivity index (χ3v) is 4.33. The molecular formula is C19H14N4O4. The molecule has 8 nitrogen and oxygen atoms in total. The molecule has 0 saturated carbocycles. The van der Waals surface area contributed by atoms with Gasteiger partial charge in [-0.05, 0) is 23.8 Å². The van der Waals surface area contributed by atoms with Gasteiger partial charge in [0.05, 0.1) is 28.7 Å². The van der Waals surface area contributed by atoms with Gasteiger partial charge in [0.25, 0.3) is 11.2 Å². The molecule has 0 unspecified atom stereocenters. The third-order valence-electron chi connectivity index (χ3n) is 4.33. The number of hydrogen-bond donors (Lipinski definition) is 2. The maximum Gasteiger partial charge on any atom is 0.292 e. The molecule has 0 amide bonds. The number of rotatable bonds is 4. The van der Waals surface area contributed by atoms with Crippen molar-refractivity contribution >= 4 is 22.1 Å². The molecule has 0 saturated heterocycles. The first-order chi connectivity index (χ1) is 13.0. The Balaban J connectivity index is 1.69. The summed E-state index contributed by atoms with van der Waals surface area (Å²) in [4.78, 5) is 22.4. The van der Waals surface area contributed by atoms with Crippen molar-refractivity contribution in [2.45, 2.75) is 6.42 Å². The summed E-state index contributed by atoms with van der Waals surface area (Å²) in [6.07, 6.45) is 1.90. The zero-order valence-corrected chi connectivity index (χ0v) is 14.0. The Labute approximate surface area is 152 Å². The van der Waals surface area contributed by atoms with E-state index in [1.807, 2.05) is 12.1 Å². The van der Waals surface area contributed by atoms with Gasteiger partial charge in [0, 0.05) is 17.0 Å². The number of fused-ring (bicyclic) bond motifs is 1. The van der Waals surface area contributed by atoms with Crippen LogP contribution in [0.5, 0.6) is 0 Å². The van der Waals surface area contributed by atoms with E-state index in [2.05, 4.69) is 10.2 Å². The largest absolute Gasteiger partial charge is 0.468 e. The predicted molar refractivity (Wildman–Crippen MR) is 100 cm³/mol. The highest BCUT2D eigenvalue weighted by molar-refractivity contribution is 5.83. The topological polar surface area (TPSA) is 128 Å². The molecule has 0 aliphatic carbocycles. The number of H-pyrrole nitrogens is 1. The number of anilines is 1. The Morgan fingerprint density at radius 1 is 1.11 bits per heavy atom. The number of nitro benzene ring substituents is 1. The second-order valence-electron chi connectivity index (χ2n) is 6.05. The van der Waals surface area contributed by atoms with Crippen LogP contribution in [0.15, 0.2) is 64.0 Å². The van der Waals surface area contributed by atoms with Crippen molar-refractivity contribution in [3.8, 4) is 11.1 Å². The molecule has 0 spiro atoms. The summed E-state index contributed by atoms with van der Waals surface area (Å²) in [5.41, 5.74) is 7.35. The Morgan fingerprint density at radius 3 is 2.67 bits per heavy atom. The highest BCUT2D eigenvalue weighted by atomic mass is 16.6. The summed E-state index contributed by atoms with van der Waals surface area (Å²) in [5.74, 6) is 0.620. The van der Waals surface area contributed by atoms with Crippen LogP contribution in [0.25, 0.3) is 21.9 Å². The van der Waals surface area contributed by atoms with Gasteiger partial charge in [-0.2, -0.15) is 5.10 Å². The van der Waals surface area contributed by atoms with E-state index in [-0.39, 0.29) is 16.9 Å². The minimum Gasteiger partial charge on any atom is -0.468 e. The standard InChI is InChI=1S/C19H14N4O4/c20-16-6-5-11(8-18(16)23(25)26)12-7-13(27-10-12)9-17-14-3-1-2-4-15(14)19(24)22-21-17/h1-8,10H,9,20H2,(H,22,24). The number of aromatic nitrogens is 2. The Hall–Kier alpha value is -3.94. The summed E-state index contributed by atoms with van der Waals surface area (Å²) >= 11 is 0. The molecule has 2 aromatic carbocycles. The van der Waals surface area contributed by atoms with Crippen LogP contribution in [0.1, 0.15) is 11.5 Å². The summed E-state index contributed by atoms with van der Waals surface area (Å²) in [5, 5.41) is 19.0. The number of nitrogen functional groups attached to an aromatic ring is 1. The lowest BCUT2D eigenvalue weighted by atomic mass is 10.1. The number of furan rings is 1. The van der Waals surface area contributed by atoms with Crippen LogP contribution in [0.3, 0.4) is 0 Å². The molecule has 134 valence electrons. The van der Waals surface area contributed by atoms with Crippen LogP contribution < -0.4 is 11.3 Å². The smallest absolute Gasteiger partial charge is 0.292 e. The van der Waals surface area contributed by atoms with Gasteiger partial charge < -0.3 is 10.2 Å². The monoisotopic (exact) mass is 362 g/mol. The molecule has 4 rings (SSSR count). The maximum atomic E-state index is 11.9. The molecule has 0 bridgehead atoms. The molecule has 0 atom stereocenters. The molecule has 4 aromatic rings. The molecule has 2 heterocycles. The lowest BCUT2D eigenvalue weighted by Gasteiger charge is -2.02. The molecule has 0 radical (unpaired) electrons. The van der Waals surface area contributed by atoms with E-state index in [1.165, 1.54) is 18.4 Å². The van der Waals surface area contributed by atoms with E-state index in [1.54, 1.807) is 24.3 Å². The second-order valence-corrected chi connectivity index (χ2v) is 6.05. The zero-order valence-electron chi connectivity index (χ0n) is 14.0. The molecule has 3 N–H and O–H groups in total. The Bertz CT molecular complexity index is 1230. The summed E-state index contributed by atoms with van der Waals surface area (Å²) in [6.45, 7) is 0. The SMILES string of the molecule is Nc1ccc(-c2coc(Cc3n[nH]c(=O)c4ccccc34)c2)cc1[N+](=O)[O-]. The van der Waals surface area contributed by atoms with Gasteiger partial charge in [0.15, 0.2) is 0 Å². The number of nitro groups is 1. The van der Waals surface area contributed by atoms with E-state index in [0.717, 1.165) is 5.39 Å². The summed E-state index contributed by atoms with van der Waals surface area (Å²) in [6, 6.07) is 13.6. The third kappa shape index (κ3) is 3.04. The second kappa shape index (κ2) is 6.41. The van der Waals surface area contributed by atoms with Crippen molar-refractivity contribution in [1.29, 1.82) is 0 Å². The fourth-order valence-corrected chi connectivity index (χ4v) is 2.98. The van der Waals surface area contributed by atoms with E-state index < -0.39 is 4.92 Å². The summed E-state index contributed by atoms with van der Waals surface area (Å²) < 4.78 is 5.60. The average Bonchev–Trinajstić information content (AvgIpc) is 3.13. The van der Waals surface area contributed by atoms with E-state index in [9.17, 15) is 14.9 Å². The number of aromatic amines is 1. The van der Waals surface area contributed by atoms with Gasteiger partial charge in [0.1, 0.15) is 11.4 Å².